The number of hydrogen-bond donors (Lipinski definition) is 1. The maximum absolute atomic E-state index is 12.0. The molecule has 0 radical (unpaired) electrons. The summed E-state index contributed by atoms with van der Waals surface area (Å²) in [5.41, 5.74) is 0. The van der Waals surface area contributed by atoms with Crippen molar-refractivity contribution in [2.75, 3.05) is 0 Å². The van der Waals surface area contributed by atoms with Crippen LogP contribution in [0.25, 0.3) is 0 Å². The molecule has 0 aromatic carbocycles. The van der Waals surface area contributed by atoms with Gasteiger partial charge >= 0.3 is 0 Å². The Labute approximate surface area is 97.1 Å². The molecule has 2 rings (SSSR count). The molecule has 0 amide bonds. The van der Waals surface area contributed by atoms with Crippen LogP contribution < -0.4 is 4.72 Å². The Morgan fingerprint density at radius 2 is 1.75 bits per heavy atom. The van der Waals surface area contributed by atoms with Crippen molar-refractivity contribution >= 4 is 10.0 Å². The molecule has 2 atom stereocenters. The fourth-order valence-electron chi connectivity index (χ4n) is 2.76. The maximum Gasteiger partial charge on any atom is 0.214 e. The molecule has 0 heterocycles. The van der Waals surface area contributed by atoms with Gasteiger partial charge in [0.2, 0.25) is 10.0 Å². The average molecular weight is 242 g/mol. The first-order chi connectivity index (χ1) is 7.63. The number of nitrogens with zero attached hydrogens (tertiary/aromatic N) is 1. The van der Waals surface area contributed by atoms with Crippen molar-refractivity contribution in [1.82, 2.24) is 4.72 Å². The van der Waals surface area contributed by atoms with Crippen LogP contribution in [0.2, 0.25) is 0 Å². The zero-order valence-electron chi connectivity index (χ0n) is 9.35. The van der Waals surface area contributed by atoms with Gasteiger partial charge in [-0.05, 0) is 25.7 Å². The zero-order chi connectivity index (χ0) is 11.6. The van der Waals surface area contributed by atoms with Gasteiger partial charge in [0.25, 0.3) is 0 Å². The van der Waals surface area contributed by atoms with Crippen molar-refractivity contribution in [3.8, 4) is 6.07 Å². The Hall–Kier alpha value is -0.600. The minimum Gasteiger partial charge on any atom is -0.212 e. The summed E-state index contributed by atoms with van der Waals surface area (Å²) in [4.78, 5) is 0. The van der Waals surface area contributed by atoms with Gasteiger partial charge in [-0.3, -0.25) is 0 Å². The Balaban J connectivity index is 2.00. The molecule has 16 heavy (non-hydrogen) atoms. The Bertz CT molecular complexity index is 379. The number of hydrogen-bond acceptors (Lipinski definition) is 3. The van der Waals surface area contributed by atoms with Crippen molar-refractivity contribution in [2.45, 2.75) is 56.2 Å². The molecule has 0 aromatic rings. The summed E-state index contributed by atoms with van der Waals surface area (Å²) < 4.78 is 26.8. The SMILES string of the molecule is N#CC1CCCC1NS(=O)(=O)C1CCCC1. The molecule has 5 heteroatoms. The highest BCUT2D eigenvalue weighted by molar-refractivity contribution is 7.90. The number of rotatable bonds is 3. The van der Waals surface area contributed by atoms with Gasteiger partial charge in [-0.2, -0.15) is 5.26 Å². The summed E-state index contributed by atoms with van der Waals surface area (Å²) in [6.07, 6.45) is 6.17. The highest BCUT2D eigenvalue weighted by Crippen LogP contribution is 2.29. The smallest absolute Gasteiger partial charge is 0.212 e. The normalized spacial score (nSPS) is 31.7. The third kappa shape index (κ3) is 2.38. The van der Waals surface area contributed by atoms with Crippen LogP contribution in [-0.2, 0) is 10.0 Å². The van der Waals surface area contributed by atoms with E-state index >= 15 is 0 Å². The highest BCUT2D eigenvalue weighted by Gasteiger charge is 2.35. The van der Waals surface area contributed by atoms with Crippen LogP contribution >= 0.6 is 0 Å². The minimum absolute atomic E-state index is 0.129. The summed E-state index contributed by atoms with van der Waals surface area (Å²) in [6, 6.07) is 2.06. The van der Waals surface area contributed by atoms with Gasteiger partial charge in [0.05, 0.1) is 17.2 Å². The van der Waals surface area contributed by atoms with Crippen LogP contribution in [-0.4, -0.2) is 19.7 Å². The van der Waals surface area contributed by atoms with Crippen LogP contribution in [0.4, 0.5) is 0 Å². The molecule has 2 aliphatic carbocycles. The molecule has 0 saturated heterocycles. The van der Waals surface area contributed by atoms with E-state index in [0.717, 1.165) is 44.9 Å². The predicted molar refractivity (Wildman–Crippen MR) is 61.1 cm³/mol. The second-order valence-electron chi connectivity index (χ2n) is 4.84. The molecule has 0 spiro atoms. The van der Waals surface area contributed by atoms with E-state index in [9.17, 15) is 8.42 Å². The van der Waals surface area contributed by atoms with Crippen molar-refractivity contribution in [3.05, 3.63) is 0 Å². The first-order valence-electron chi connectivity index (χ1n) is 6.04. The van der Waals surface area contributed by atoms with Gasteiger partial charge in [0.15, 0.2) is 0 Å². The molecule has 0 aliphatic heterocycles. The van der Waals surface area contributed by atoms with E-state index in [2.05, 4.69) is 10.8 Å². The first kappa shape index (κ1) is 11.9. The van der Waals surface area contributed by atoms with Crippen LogP contribution in [0.5, 0.6) is 0 Å². The predicted octanol–water partition coefficient (Wildman–Crippen LogP) is 1.54. The molecule has 1 N–H and O–H groups in total. The van der Waals surface area contributed by atoms with E-state index in [4.69, 9.17) is 5.26 Å². The van der Waals surface area contributed by atoms with E-state index in [1.165, 1.54) is 0 Å². The van der Waals surface area contributed by atoms with Gasteiger partial charge in [-0.1, -0.05) is 19.3 Å². The van der Waals surface area contributed by atoms with Crippen molar-refractivity contribution < 1.29 is 8.42 Å². The fourth-order valence-corrected chi connectivity index (χ4v) is 4.61. The average Bonchev–Trinajstić information content (AvgIpc) is 2.86. The second-order valence-corrected chi connectivity index (χ2v) is 6.83. The number of nitriles is 1. The van der Waals surface area contributed by atoms with Gasteiger partial charge in [-0.25, -0.2) is 13.1 Å². The third-order valence-corrected chi connectivity index (χ3v) is 5.72. The lowest BCUT2D eigenvalue weighted by molar-refractivity contribution is 0.506. The van der Waals surface area contributed by atoms with Crippen LogP contribution in [0, 0.1) is 17.2 Å². The molecule has 0 bridgehead atoms. The van der Waals surface area contributed by atoms with Crippen LogP contribution in [0.1, 0.15) is 44.9 Å². The molecule has 2 fully saturated rings. The summed E-state index contributed by atoms with van der Waals surface area (Å²) in [6.45, 7) is 0. The third-order valence-electron chi connectivity index (χ3n) is 3.74. The first-order valence-corrected chi connectivity index (χ1v) is 7.59. The van der Waals surface area contributed by atoms with Crippen molar-refractivity contribution in [3.63, 3.8) is 0 Å². The summed E-state index contributed by atoms with van der Waals surface area (Å²) in [7, 11) is -3.19. The van der Waals surface area contributed by atoms with Crippen molar-refractivity contribution in [1.29, 1.82) is 5.26 Å². The summed E-state index contributed by atoms with van der Waals surface area (Å²) in [5.74, 6) is -0.129. The van der Waals surface area contributed by atoms with E-state index in [1.807, 2.05) is 0 Å². The monoisotopic (exact) mass is 242 g/mol. The lowest BCUT2D eigenvalue weighted by atomic mass is 10.1. The zero-order valence-corrected chi connectivity index (χ0v) is 10.2. The molecule has 4 nitrogen and oxygen atoms in total. The minimum atomic E-state index is -3.19. The second kappa shape index (κ2) is 4.72. The molecule has 90 valence electrons. The van der Waals surface area contributed by atoms with Gasteiger partial charge in [0, 0.05) is 6.04 Å². The van der Waals surface area contributed by atoms with Gasteiger partial charge in [-0.15, -0.1) is 0 Å². The van der Waals surface area contributed by atoms with E-state index in [-0.39, 0.29) is 17.2 Å². The fraction of sp³-hybridized carbons (Fsp3) is 0.909. The molecule has 2 unspecified atom stereocenters. The maximum atomic E-state index is 12.0. The van der Waals surface area contributed by atoms with E-state index in [1.54, 1.807) is 0 Å². The van der Waals surface area contributed by atoms with Crippen LogP contribution in [0.15, 0.2) is 0 Å². The Kier molecular flexibility index (Phi) is 3.50. The van der Waals surface area contributed by atoms with Crippen LogP contribution in [0.3, 0.4) is 0 Å². The molecule has 0 aromatic heterocycles. The van der Waals surface area contributed by atoms with Gasteiger partial charge in [0.1, 0.15) is 0 Å². The Morgan fingerprint density at radius 3 is 2.38 bits per heavy atom. The lowest BCUT2D eigenvalue weighted by Crippen LogP contribution is -2.41. The molecule has 2 saturated carbocycles. The van der Waals surface area contributed by atoms with Gasteiger partial charge < -0.3 is 0 Å². The van der Waals surface area contributed by atoms with Crippen molar-refractivity contribution in [2.24, 2.45) is 5.92 Å². The Morgan fingerprint density at radius 1 is 1.06 bits per heavy atom. The highest BCUT2D eigenvalue weighted by atomic mass is 32.2. The molecular formula is C11H18N2O2S. The number of nitrogens with one attached hydrogen (secondary N) is 1. The molecule has 2 aliphatic rings. The summed E-state index contributed by atoms with van der Waals surface area (Å²) >= 11 is 0. The quantitative estimate of drug-likeness (QED) is 0.816. The van der Waals surface area contributed by atoms with E-state index in [0.29, 0.717) is 0 Å². The number of sulfonamides is 1. The van der Waals surface area contributed by atoms with E-state index < -0.39 is 10.0 Å². The summed E-state index contributed by atoms with van der Waals surface area (Å²) in [5, 5.41) is 8.70. The standard InChI is InChI=1S/C11H18N2O2S/c12-8-9-4-3-7-11(9)13-16(14,15)10-5-1-2-6-10/h9-11,13H,1-7H2. The largest absolute Gasteiger partial charge is 0.214 e. The lowest BCUT2D eigenvalue weighted by Gasteiger charge is -2.19. The topological polar surface area (TPSA) is 70.0 Å². The molecular weight excluding hydrogens is 224 g/mol.